The van der Waals surface area contributed by atoms with Gasteiger partial charge in [0.2, 0.25) is 5.75 Å². The molecule has 2 atom stereocenters. The van der Waals surface area contributed by atoms with Crippen molar-refractivity contribution in [3.8, 4) is 17.2 Å². The number of carboxylic acid groups (broad SMARTS) is 1. The van der Waals surface area contributed by atoms with Crippen LogP contribution >= 0.6 is 11.8 Å². The number of thioether (sulfide) groups is 1. The summed E-state index contributed by atoms with van der Waals surface area (Å²) in [6, 6.07) is 2.63. The van der Waals surface area contributed by atoms with Crippen molar-refractivity contribution in [1.29, 1.82) is 0 Å². The van der Waals surface area contributed by atoms with E-state index in [1.807, 2.05) is 0 Å². The Labute approximate surface area is 114 Å². The summed E-state index contributed by atoms with van der Waals surface area (Å²) in [6.07, 6.45) is 0. The quantitative estimate of drug-likeness (QED) is 0.795. The van der Waals surface area contributed by atoms with Gasteiger partial charge in [-0.3, -0.25) is 5.32 Å². The second-order valence-corrected chi connectivity index (χ2v) is 5.16. The summed E-state index contributed by atoms with van der Waals surface area (Å²) < 4.78 is 10.1. The molecule has 0 spiro atoms. The van der Waals surface area contributed by atoms with E-state index < -0.39 is 12.0 Å². The molecule has 6 nitrogen and oxygen atoms in total. The summed E-state index contributed by atoms with van der Waals surface area (Å²) in [5.74, 6) is -0.193. The highest BCUT2D eigenvalue weighted by molar-refractivity contribution is 7.99. The van der Waals surface area contributed by atoms with Crippen molar-refractivity contribution in [2.45, 2.75) is 11.4 Å². The molecular weight excluding hydrogens is 270 g/mol. The maximum absolute atomic E-state index is 10.8. The van der Waals surface area contributed by atoms with Gasteiger partial charge in [0.15, 0.2) is 11.5 Å². The zero-order valence-electron chi connectivity index (χ0n) is 10.5. The Balaban J connectivity index is 2.28. The first-order valence-corrected chi connectivity index (χ1v) is 6.65. The van der Waals surface area contributed by atoms with Gasteiger partial charge in [0.1, 0.15) is 0 Å². The number of ether oxygens (including phenoxy) is 2. The van der Waals surface area contributed by atoms with Gasteiger partial charge >= 0.3 is 0 Å². The van der Waals surface area contributed by atoms with E-state index in [0.717, 1.165) is 5.56 Å². The fraction of sp³-hybridized carbons (Fsp3) is 0.417. The van der Waals surface area contributed by atoms with E-state index in [2.05, 4.69) is 5.32 Å². The van der Waals surface area contributed by atoms with Crippen molar-refractivity contribution in [1.82, 2.24) is 5.32 Å². The van der Waals surface area contributed by atoms with Gasteiger partial charge in [0, 0.05) is 5.75 Å². The number of carbonyl (C=O) groups is 1. The van der Waals surface area contributed by atoms with Crippen molar-refractivity contribution in [3.05, 3.63) is 17.7 Å². The van der Waals surface area contributed by atoms with Gasteiger partial charge in [0.05, 0.1) is 31.6 Å². The number of aliphatic carboxylic acids is 1. The molecule has 0 saturated carbocycles. The molecule has 1 saturated heterocycles. The highest BCUT2D eigenvalue weighted by atomic mass is 32.2. The molecule has 1 fully saturated rings. The van der Waals surface area contributed by atoms with Gasteiger partial charge in [-0.1, -0.05) is 0 Å². The summed E-state index contributed by atoms with van der Waals surface area (Å²) in [7, 11) is 2.88. The van der Waals surface area contributed by atoms with Gasteiger partial charge < -0.3 is 24.5 Å². The Morgan fingerprint density at radius 1 is 1.42 bits per heavy atom. The summed E-state index contributed by atoms with van der Waals surface area (Å²) in [6.45, 7) is 0. The Hall–Kier alpha value is -1.60. The van der Waals surface area contributed by atoms with E-state index in [1.165, 1.54) is 26.0 Å². The van der Waals surface area contributed by atoms with Crippen molar-refractivity contribution >= 4 is 17.7 Å². The zero-order chi connectivity index (χ0) is 14.0. The number of hydrogen-bond donors (Lipinski definition) is 2. The number of methoxy groups -OCH3 is 2. The molecule has 2 N–H and O–H groups in total. The van der Waals surface area contributed by atoms with Gasteiger partial charge in [-0.2, -0.15) is 0 Å². The van der Waals surface area contributed by atoms with Crippen LogP contribution in [0.5, 0.6) is 17.2 Å². The predicted octanol–water partition coefficient (Wildman–Crippen LogP) is -0.137. The minimum Gasteiger partial charge on any atom is -0.548 e. The SMILES string of the molecule is COc1cc(C2NC(C(=O)[O-])CS2)cc(OC)c1O. The predicted molar refractivity (Wildman–Crippen MR) is 68.3 cm³/mol. The van der Waals surface area contributed by atoms with Crippen LogP contribution in [0.1, 0.15) is 10.9 Å². The Morgan fingerprint density at radius 3 is 2.42 bits per heavy atom. The van der Waals surface area contributed by atoms with Crippen LogP contribution < -0.4 is 19.9 Å². The normalized spacial score (nSPS) is 22.2. The van der Waals surface area contributed by atoms with E-state index in [1.54, 1.807) is 12.1 Å². The molecule has 0 aliphatic carbocycles. The van der Waals surface area contributed by atoms with Crippen molar-refractivity contribution in [2.75, 3.05) is 20.0 Å². The van der Waals surface area contributed by atoms with Crippen LogP contribution in [0.15, 0.2) is 12.1 Å². The molecule has 0 aromatic heterocycles. The van der Waals surface area contributed by atoms with E-state index in [-0.39, 0.29) is 22.6 Å². The van der Waals surface area contributed by atoms with E-state index in [9.17, 15) is 15.0 Å². The average molecular weight is 284 g/mol. The summed E-state index contributed by atoms with van der Waals surface area (Å²) in [4.78, 5) is 10.8. The zero-order valence-corrected chi connectivity index (χ0v) is 11.3. The third-order valence-corrected chi connectivity index (χ3v) is 4.14. The van der Waals surface area contributed by atoms with Gasteiger partial charge in [-0.05, 0) is 17.7 Å². The number of nitrogens with one attached hydrogen (secondary N) is 1. The lowest BCUT2D eigenvalue weighted by Crippen LogP contribution is -2.43. The second kappa shape index (κ2) is 5.58. The maximum Gasteiger partial charge on any atom is 0.200 e. The molecule has 1 aliphatic heterocycles. The molecule has 1 heterocycles. The second-order valence-electron chi connectivity index (χ2n) is 4.03. The van der Waals surface area contributed by atoms with Crippen LogP contribution in [-0.2, 0) is 4.79 Å². The molecule has 0 amide bonds. The molecule has 1 aromatic rings. The first-order valence-electron chi connectivity index (χ1n) is 5.60. The average Bonchev–Trinajstić information content (AvgIpc) is 2.89. The monoisotopic (exact) mass is 284 g/mol. The van der Waals surface area contributed by atoms with E-state index in [0.29, 0.717) is 5.75 Å². The van der Waals surface area contributed by atoms with Gasteiger partial charge in [-0.15, -0.1) is 11.8 Å². The first-order chi connectivity index (χ1) is 9.06. The molecule has 2 unspecified atom stereocenters. The molecule has 1 aliphatic rings. The first kappa shape index (κ1) is 13.8. The standard InChI is InChI=1S/C12H15NO5S/c1-17-8-3-6(4-9(18-2)10(8)14)11-13-7(5-19-11)12(15)16/h3-4,7,11,13-14H,5H2,1-2H3,(H,15,16)/p-1. The fourth-order valence-corrected chi connectivity index (χ4v) is 3.07. The lowest BCUT2D eigenvalue weighted by atomic mass is 10.1. The number of benzene rings is 1. The highest BCUT2D eigenvalue weighted by Crippen LogP contribution is 2.42. The molecule has 2 rings (SSSR count). The highest BCUT2D eigenvalue weighted by Gasteiger charge is 2.27. The van der Waals surface area contributed by atoms with Gasteiger partial charge in [-0.25, -0.2) is 0 Å². The van der Waals surface area contributed by atoms with Crippen molar-refractivity contribution in [3.63, 3.8) is 0 Å². The minimum atomic E-state index is -1.12. The molecule has 104 valence electrons. The minimum absolute atomic E-state index is 0.0757. The Morgan fingerprint density at radius 2 is 2.00 bits per heavy atom. The molecule has 0 radical (unpaired) electrons. The fourth-order valence-electron chi connectivity index (χ4n) is 1.87. The lowest BCUT2D eigenvalue weighted by molar-refractivity contribution is -0.307. The number of phenolic OH excluding ortho intramolecular Hbond substituents is 1. The lowest BCUT2D eigenvalue weighted by Gasteiger charge is -2.17. The summed E-state index contributed by atoms with van der Waals surface area (Å²) in [5.41, 5.74) is 0.778. The molecule has 0 bridgehead atoms. The summed E-state index contributed by atoms with van der Waals surface area (Å²) in [5, 5.41) is 23.4. The summed E-state index contributed by atoms with van der Waals surface area (Å²) >= 11 is 1.45. The smallest absolute Gasteiger partial charge is 0.200 e. The molecule has 19 heavy (non-hydrogen) atoms. The number of rotatable bonds is 4. The largest absolute Gasteiger partial charge is 0.548 e. The number of phenols is 1. The van der Waals surface area contributed by atoms with E-state index >= 15 is 0 Å². The Bertz CT molecular complexity index is 468. The number of aromatic hydroxyl groups is 1. The van der Waals surface area contributed by atoms with Crippen LogP contribution in [0.2, 0.25) is 0 Å². The number of carbonyl (C=O) groups excluding carboxylic acids is 1. The van der Waals surface area contributed by atoms with Crippen LogP contribution in [0.25, 0.3) is 0 Å². The topological polar surface area (TPSA) is 90.9 Å². The molecule has 1 aromatic carbocycles. The molecular formula is C12H14NO5S-. The number of carboxylic acids is 1. The van der Waals surface area contributed by atoms with Crippen LogP contribution in [0.4, 0.5) is 0 Å². The van der Waals surface area contributed by atoms with Crippen molar-refractivity contribution in [2.24, 2.45) is 0 Å². The third kappa shape index (κ3) is 2.71. The Kier molecular flexibility index (Phi) is 4.06. The third-order valence-electron chi connectivity index (χ3n) is 2.87. The molecule has 7 heteroatoms. The van der Waals surface area contributed by atoms with Crippen LogP contribution in [-0.4, -0.2) is 37.1 Å². The van der Waals surface area contributed by atoms with Crippen LogP contribution in [0.3, 0.4) is 0 Å². The maximum atomic E-state index is 10.8. The van der Waals surface area contributed by atoms with E-state index in [4.69, 9.17) is 9.47 Å². The van der Waals surface area contributed by atoms with Crippen LogP contribution in [0, 0.1) is 0 Å². The van der Waals surface area contributed by atoms with Crippen molar-refractivity contribution < 1.29 is 24.5 Å². The van der Waals surface area contributed by atoms with Gasteiger partial charge in [0.25, 0.3) is 0 Å². The number of hydrogen-bond acceptors (Lipinski definition) is 7.